The van der Waals surface area contributed by atoms with Gasteiger partial charge in [-0.3, -0.25) is 0 Å². The van der Waals surface area contributed by atoms with Gasteiger partial charge in [0.2, 0.25) is 0 Å². The van der Waals surface area contributed by atoms with E-state index >= 15 is 0 Å². The van der Waals surface area contributed by atoms with Crippen molar-refractivity contribution in [2.45, 2.75) is 48.6 Å². The van der Waals surface area contributed by atoms with E-state index in [1.165, 1.54) is 43.0 Å². The molecule has 0 unspecified atom stereocenters. The molecule has 2 aromatic rings. The molecule has 2 aliphatic carbocycles. The average Bonchev–Trinajstić information content (AvgIpc) is 3.33. The van der Waals surface area contributed by atoms with Crippen molar-refractivity contribution >= 4 is 28.3 Å². The second-order valence-corrected chi connectivity index (χ2v) is 6.82. The highest BCUT2D eigenvalue weighted by atomic mass is 32.2. The number of anilines is 1. The summed E-state index contributed by atoms with van der Waals surface area (Å²) in [5.41, 5.74) is 6.67. The molecule has 19 heavy (non-hydrogen) atoms. The van der Waals surface area contributed by atoms with Gasteiger partial charge in [0.15, 0.2) is 5.16 Å². The fourth-order valence-electron chi connectivity index (χ4n) is 2.13. The van der Waals surface area contributed by atoms with E-state index in [0.717, 1.165) is 16.6 Å². The van der Waals surface area contributed by atoms with Gasteiger partial charge in [-0.15, -0.1) is 15.3 Å². The van der Waals surface area contributed by atoms with Gasteiger partial charge in [0.25, 0.3) is 0 Å². The van der Waals surface area contributed by atoms with Gasteiger partial charge < -0.3 is 10.3 Å². The third kappa shape index (κ3) is 2.23. The van der Waals surface area contributed by atoms with E-state index in [2.05, 4.69) is 24.4 Å². The Hall–Kier alpha value is -1.15. The summed E-state index contributed by atoms with van der Waals surface area (Å²) in [7, 11) is 0. The number of aromatic nitrogens is 5. The lowest BCUT2D eigenvalue weighted by atomic mass is 10.4. The molecule has 0 radical (unpaired) electrons. The molecule has 4 rings (SSSR count). The summed E-state index contributed by atoms with van der Waals surface area (Å²) in [6.45, 7) is 0. The van der Waals surface area contributed by atoms with Crippen molar-refractivity contribution in [1.29, 1.82) is 0 Å². The molecule has 2 fully saturated rings. The number of hydrogen-bond donors (Lipinski definition) is 1. The first kappa shape index (κ1) is 11.7. The zero-order chi connectivity index (χ0) is 12.8. The molecule has 0 bridgehead atoms. The summed E-state index contributed by atoms with van der Waals surface area (Å²) in [4.78, 5) is 0. The molecule has 0 atom stereocenters. The first-order valence-corrected chi connectivity index (χ1v) is 8.23. The van der Waals surface area contributed by atoms with Crippen molar-refractivity contribution in [2.24, 2.45) is 0 Å². The van der Waals surface area contributed by atoms with Crippen LogP contribution in [0.4, 0.5) is 5.00 Å². The lowest BCUT2D eigenvalue weighted by Gasteiger charge is -2.07. The fraction of sp³-hybridized carbons (Fsp3) is 0.636. The molecule has 100 valence electrons. The summed E-state index contributed by atoms with van der Waals surface area (Å²) < 4.78 is 6.20. The molecule has 0 aromatic carbocycles. The van der Waals surface area contributed by atoms with Crippen LogP contribution < -0.4 is 5.73 Å². The second-order valence-electron chi connectivity index (χ2n) is 5.09. The molecule has 8 heteroatoms. The first-order chi connectivity index (χ1) is 9.33. The van der Waals surface area contributed by atoms with Crippen LogP contribution in [0.1, 0.15) is 49.2 Å². The molecule has 2 N–H and O–H groups in total. The third-order valence-corrected chi connectivity index (χ3v) is 5.02. The number of rotatable bonds is 5. The third-order valence-electron chi connectivity index (χ3n) is 3.47. The standard InChI is InChI=1S/C11H14N6S2/c12-9-8(13-16-19-9)5-18-11-15-14-10(6-1-2-6)17(11)7-3-4-7/h6-7H,1-5,12H2. The number of nitrogen functional groups attached to an aromatic ring is 1. The van der Waals surface area contributed by atoms with Crippen molar-refractivity contribution in [3.8, 4) is 0 Å². The Morgan fingerprint density at radius 2 is 2.05 bits per heavy atom. The molecule has 2 saturated carbocycles. The quantitative estimate of drug-likeness (QED) is 0.851. The molecule has 2 aliphatic rings. The van der Waals surface area contributed by atoms with Crippen LogP contribution in [0.2, 0.25) is 0 Å². The summed E-state index contributed by atoms with van der Waals surface area (Å²) in [5, 5.41) is 14.5. The van der Waals surface area contributed by atoms with E-state index in [-0.39, 0.29) is 0 Å². The van der Waals surface area contributed by atoms with Crippen LogP contribution >= 0.6 is 23.3 Å². The molecular formula is C11H14N6S2. The van der Waals surface area contributed by atoms with E-state index in [0.29, 0.717) is 17.0 Å². The minimum atomic E-state index is 0.624. The number of nitrogens with zero attached hydrogens (tertiary/aromatic N) is 5. The zero-order valence-electron chi connectivity index (χ0n) is 10.3. The topological polar surface area (TPSA) is 82.5 Å². The molecule has 0 saturated heterocycles. The normalized spacial score (nSPS) is 18.9. The Morgan fingerprint density at radius 1 is 1.21 bits per heavy atom. The fourth-order valence-corrected chi connectivity index (χ4v) is 3.63. The Labute approximate surface area is 119 Å². The largest absolute Gasteiger partial charge is 0.388 e. The zero-order valence-corrected chi connectivity index (χ0v) is 12.0. The number of thioether (sulfide) groups is 1. The average molecular weight is 294 g/mol. The maximum absolute atomic E-state index is 5.82. The van der Waals surface area contributed by atoms with Gasteiger partial charge >= 0.3 is 0 Å². The van der Waals surface area contributed by atoms with Crippen LogP contribution in [0.25, 0.3) is 0 Å². The van der Waals surface area contributed by atoms with Crippen LogP contribution in [-0.4, -0.2) is 24.4 Å². The van der Waals surface area contributed by atoms with E-state index < -0.39 is 0 Å². The Morgan fingerprint density at radius 3 is 2.68 bits per heavy atom. The van der Waals surface area contributed by atoms with E-state index in [4.69, 9.17) is 5.73 Å². The molecule has 2 heterocycles. The first-order valence-electron chi connectivity index (χ1n) is 6.47. The van der Waals surface area contributed by atoms with Crippen molar-refractivity contribution < 1.29 is 0 Å². The highest BCUT2D eigenvalue weighted by Crippen LogP contribution is 2.46. The Kier molecular flexibility index (Phi) is 2.73. The highest BCUT2D eigenvalue weighted by Gasteiger charge is 2.36. The van der Waals surface area contributed by atoms with Gasteiger partial charge in [0, 0.05) is 29.2 Å². The molecule has 0 amide bonds. The van der Waals surface area contributed by atoms with E-state index in [1.54, 1.807) is 11.8 Å². The Balaban J connectivity index is 1.55. The predicted molar refractivity (Wildman–Crippen MR) is 74.2 cm³/mol. The summed E-state index contributed by atoms with van der Waals surface area (Å²) in [6.07, 6.45) is 5.04. The summed E-state index contributed by atoms with van der Waals surface area (Å²) >= 11 is 2.91. The molecular weight excluding hydrogens is 280 g/mol. The van der Waals surface area contributed by atoms with Crippen LogP contribution in [0.3, 0.4) is 0 Å². The number of nitrogens with two attached hydrogens (primary N) is 1. The molecule has 6 nitrogen and oxygen atoms in total. The summed E-state index contributed by atoms with van der Waals surface area (Å²) in [5.74, 6) is 2.56. The second kappa shape index (κ2) is 4.45. The minimum Gasteiger partial charge on any atom is -0.388 e. The van der Waals surface area contributed by atoms with Gasteiger partial charge in [-0.2, -0.15) is 0 Å². The van der Waals surface area contributed by atoms with Crippen molar-refractivity contribution in [3.63, 3.8) is 0 Å². The summed E-state index contributed by atoms with van der Waals surface area (Å²) in [6, 6.07) is 0.624. The van der Waals surface area contributed by atoms with Gasteiger partial charge in [0.1, 0.15) is 16.5 Å². The molecule has 0 aliphatic heterocycles. The van der Waals surface area contributed by atoms with Crippen molar-refractivity contribution in [1.82, 2.24) is 24.4 Å². The highest BCUT2D eigenvalue weighted by molar-refractivity contribution is 7.98. The van der Waals surface area contributed by atoms with Crippen LogP contribution in [-0.2, 0) is 5.75 Å². The lowest BCUT2D eigenvalue weighted by molar-refractivity contribution is 0.627. The van der Waals surface area contributed by atoms with Crippen LogP contribution in [0.5, 0.6) is 0 Å². The maximum Gasteiger partial charge on any atom is 0.191 e. The minimum absolute atomic E-state index is 0.624. The van der Waals surface area contributed by atoms with Gasteiger partial charge in [-0.05, 0) is 25.7 Å². The van der Waals surface area contributed by atoms with Crippen molar-refractivity contribution in [3.05, 3.63) is 11.5 Å². The van der Waals surface area contributed by atoms with Gasteiger partial charge in [-0.1, -0.05) is 16.3 Å². The van der Waals surface area contributed by atoms with Crippen molar-refractivity contribution in [2.75, 3.05) is 5.73 Å². The van der Waals surface area contributed by atoms with E-state index in [1.807, 2.05) is 0 Å². The monoisotopic (exact) mass is 294 g/mol. The van der Waals surface area contributed by atoms with Crippen LogP contribution in [0, 0.1) is 0 Å². The Bertz CT molecular complexity index is 598. The lowest BCUT2D eigenvalue weighted by Crippen LogP contribution is -2.02. The number of hydrogen-bond acceptors (Lipinski definition) is 7. The van der Waals surface area contributed by atoms with Gasteiger partial charge in [0.05, 0.1) is 0 Å². The smallest absolute Gasteiger partial charge is 0.191 e. The molecule has 0 spiro atoms. The van der Waals surface area contributed by atoms with Gasteiger partial charge in [-0.25, -0.2) is 0 Å². The van der Waals surface area contributed by atoms with E-state index in [9.17, 15) is 0 Å². The SMILES string of the molecule is Nc1snnc1CSc1nnc(C2CC2)n1C1CC1. The van der Waals surface area contributed by atoms with Crippen LogP contribution in [0.15, 0.2) is 5.16 Å². The predicted octanol–water partition coefficient (Wildman–Crippen LogP) is 2.22. The maximum atomic E-state index is 5.82. The molecule has 2 aromatic heterocycles.